The molecule has 3 rings (SSSR count). The Morgan fingerprint density at radius 2 is 1.90 bits per heavy atom. The number of ether oxygens (including phenoxy) is 2. The molecule has 1 aliphatic heterocycles. The van der Waals surface area contributed by atoms with E-state index in [0.29, 0.717) is 30.1 Å². The summed E-state index contributed by atoms with van der Waals surface area (Å²) in [6, 6.07) is 12.2. The zero-order valence-electron chi connectivity index (χ0n) is 11.1. The van der Waals surface area contributed by atoms with E-state index in [9.17, 15) is 4.39 Å². The van der Waals surface area contributed by atoms with Gasteiger partial charge in [-0.2, -0.15) is 5.26 Å². The number of rotatable bonds is 3. The Morgan fingerprint density at radius 3 is 2.67 bits per heavy atom. The third-order valence-electron chi connectivity index (χ3n) is 3.09. The SMILES string of the molecule is N#Cc1ccc(CSc2ccc3c(c2)OCCO3)c(F)c1. The molecule has 0 radical (unpaired) electrons. The monoisotopic (exact) mass is 301 g/mol. The molecule has 0 aromatic heterocycles. The minimum atomic E-state index is -0.348. The van der Waals surface area contributed by atoms with Crippen molar-refractivity contribution < 1.29 is 13.9 Å². The molecule has 3 nitrogen and oxygen atoms in total. The molecule has 2 aromatic carbocycles. The summed E-state index contributed by atoms with van der Waals surface area (Å²) in [4.78, 5) is 0.989. The van der Waals surface area contributed by atoms with Gasteiger partial charge in [0.2, 0.25) is 0 Å². The molecule has 106 valence electrons. The number of hydrogen-bond donors (Lipinski definition) is 0. The van der Waals surface area contributed by atoms with Crippen molar-refractivity contribution in [3.63, 3.8) is 0 Å². The fourth-order valence-corrected chi connectivity index (χ4v) is 2.92. The van der Waals surface area contributed by atoms with Gasteiger partial charge in [-0.3, -0.25) is 0 Å². The van der Waals surface area contributed by atoms with Crippen molar-refractivity contribution in [3.8, 4) is 17.6 Å². The maximum atomic E-state index is 13.8. The first-order valence-electron chi connectivity index (χ1n) is 6.47. The molecule has 1 aliphatic rings. The minimum Gasteiger partial charge on any atom is -0.486 e. The topological polar surface area (TPSA) is 42.2 Å². The molecular weight excluding hydrogens is 289 g/mol. The molecule has 0 bridgehead atoms. The molecule has 0 N–H and O–H groups in total. The molecule has 0 aliphatic carbocycles. The van der Waals surface area contributed by atoms with Crippen molar-refractivity contribution >= 4 is 11.8 Å². The van der Waals surface area contributed by atoms with Crippen LogP contribution in [0.4, 0.5) is 4.39 Å². The predicted molar refractivity (Wildman–Crippen MR) is 78.1 cm³/mol. The Morgan fingerprint density at radius 1 is 1.10 bits per heavy atom. The summed E-state index contributed by atoms with van der Waals surface area (Å²) in [6.07, 6.45) is 0. The minimum absolute atomic E-state index is 0.334. The van der Waals surface area contributed by atoms with Gasteiger partial charge in [0, 0.05) is 10.6 Å². The van der Waals surface area contributed by atoms with Crippen molar-refractivity contribution in [3.05, 3.63) is 53.3 Å². The highest BCUT2D eigenvalue weighted by molar-refractivity contribution is 7.98. The van der Waals surface area contributed by atoms with Gasteiger partial charge < -0.3 is 9.47 Å². The summed E-state index contributed by atoms with van der Waals surface area (Å²) in [5.41, 5.74) is 0.912. The van der Waals surface area contributed by atoms with Crippen LogP contribution in [-0.2, 0) is 5.75 Å². The zero-order chi connectivity index (χ0) is 14.7. The average molecular weight is 301 g/mol. The molecule has 0 amide bonds. The molecule has 0 atom stereocenters. The average Bonchev–Trinajstić information content (AvgIpc) is 2.53. The largest absolute Gasteiger partial charge is 0.486 e. The fraction of sp³-hybridized carbons (Fsp3) is 0.188. The van der Waals surface area contributed by atoms with Crippen LogP contribution in [-0.4, -0.2) is 13.2 Å². The fourth-order valence-electron chi connectivity index (χ4n) is 2.01. The molecule has 2 aromatic rings. The zero-order valence-corrected chi connectivity index (χ0v) is 12.0. The maximum absolute atomic E-state index is 13.8. The molecule has 0 spiro atoms. The van der Waals surface area contributed by atoms with Crippen molar-refractivity contribution in [2.24, 2.45) is 0 Å². The van der Waals surface area contributed by atoms with E-state index < -0.39 is 0 Å². The van der Waals surface area contributed by atoms with Crippen molar-refractivity contribution in [2.45, 2.75) is 10.6 Å². The van der Waals surface area contributed by atoms with E-state index in [1.165, 1.54) is 17.8 Å². The molecule has 0 unspecified atom stereocenters. The van der Waals surface area contributed by atoms with Gasteiger partial charge in [0.1, 0.15) is 19.0 Å². The predicted octanol–water partition coefficient (Wildman–Crippen LogP) is 3.76. The number of fused-ring (bicyclic) bond motifs is 1. The first kappa shape index (κ1) is 13.8. The van der Waals surface area contributed by atoms with Crippen LogP contribution in [0, 0.1) is 17.1 Å². The normalized spacial score (nSPS) is 12.8. The van der Waals surface area contributed by atoms with Gasteiger partial charge in [0.25, 0.3) is 0 Å². The number of nitrogens with zero attached hydrogens (tertiary/aromatic N) is 1. The lowest BCUT2D eigenvalue weighted by Gasteiger charge is -2.18. The summed E-state index contributed by atoms with van der Waals surface area (Å²) in [5, 5.41) is 8.73. The number of halogens is 1. The van der Waals surface area contributed by atoms with Crippen LogP contribution < -0.4 is 9.47 Å². The Bertz CT molecular complexity index is 712. The van der Waals surface area contributed by atoms with Gasteiger partial charge in [0.15, 0.2) is 11.5 Å². The maximum Gasteiger partial charge on any atom is 0.162 e. The van der Waals surface area contributed by atoms with E-state index in [2.05, 4.69) is 0 Å². The lowest BCUT2D eigenvalue weighted by molar-refractivity contribution is 0.171. The third-order valence-corrected chi connectivity index (χ3v) is 4.13. The highest BCUT2D eigenvalue weighted by Crippen LogP contribution is 2.35. The lowest BCUT2D eigenvalue weighted by atomic mass is 10.1. The first-order valence-corrected chi connectivity index (χ1v) is 7.46. The number of hydrogen-bond acceptors (Lipinski definition) is 4. The summed E-state index contributed by atoms with van der Waals surface area (Å²) in [5.74, 6) is 1.62. The standard InChI is InChI=1S/C16H12FNO2S/c17-14-7-11(9-18)1-2-12(14)10-21-13-3-4-15-16(8-13)20-6-5-19-15/h1-4,7-8H,5-6,10H2. The van der Waals surface area contributed by atoms with Crippen molar-refractivity contribution in [2.75, 3.05) is 13.2 Å². The molecule has 0 fully saturated rings. The molecular formula is C16H12FNO2S. The molecule has 21 heavy (non-hydrogen) atoms. The second kappa shape index (κ2) is 6.06. The van der Waals surface area contributed by atoms with Crippen LogP contribution in [0.15, 0.2) is 41.3 Å². The van der Waals surface area contributed by atoms with E-state index in [4.69, 9.17) is 14.7 Å². The highest BCUT2D eigenvalue weighted by atomic mass is 32.2. The summed E-state index contributed by atoms with van der Waals surface area (Å²) in [7, 11) is 0. The molecule has 0 saturated carbocycles. The number of nitriles is 1. The first-order chi connectivity index (χ1) is 10.3. The quantitative estimate of drug-likeness (QED) is 0.810. The lowest BCUT2D eigenvalue weighted by Crippen LogP contribution is -2.15. The summed E-state index contributed by atoms with van der Waals surface area (Å²) >= 11 is 1.52. The molecule has 1 heterocycles. The van der Waals surface area contributed by atoms with Gasteiger partial charge in [-0.05, 0) is 35.9 Å². The van der Waals surface area contributed by atoms with Crippen LogP contribution >= 0.6 is 11.8 Å². The van der Waals surface area contributed by atoms with E-state index >= 15 is 0 Å². The van der Waals surface area contributed by atoms with Gasteiger partial charge >= 0.3 is 0 Å². The van der Waals surface area contributed by atoms with Crippen LogP contribution in [0.25, 0.3) is 0 Å². The van der Waals surface area contributed by atoms with Crippen LogP contribution in [0.2, 0.25) is 0 Å². The smallest absolute Gasteiger partial charge is 0.162 e. The van der Waals surface area contributed by atoms with Gasteiger partial charge in [0.05, 0.1) is 11.6 Å². The van der Waals surface area contributed by atoms with Crippen molar-refractivity contribution in [1.29, 1.82) is 5.26 Å². The second-order valence-corrected chi connectivity index (χ2v) is 5.56. The van der Waals surface area contributed by atoms with Crippen molar-refractivity contribution in [1.82, 2.24) is 0 Å². The van der Waals surface area contributed by atoms with E-state index in [1.54, 1.807) is 12.1 Å². The van der Waals surface area contributed by atoms with Crippen LogP contribution in [0.3, 0.4) is 0 Å². The van der Waals surface area contributed by atoms with Crippen LogP contribution in [0.1, 0.15) is 11.1 Å². The third kappa shape index (κ3) is 3.11. The Hall–Kier alpha value is -2.19. The van der Waals surface area contributed by atoms with Gasteiger partial charge in [-0.1, -0.05) is 6.07 Å². The molecule has 5 heteroatoms. The highest BCUT2D eigenvalue weighted by Gasteiger charge is 2.12. The van der Waals surface area contributed by atoms with Gasteiger partial charge in [-0.15, -0.1) is 11.8 Å². The van der Waals surface area contributed by atoms with E-state index in [1.807, 2.05) is 24.3 Å². The van der Waals surface area contributed by atoms with E-state index in [0.717, 1.165) is 16.4 Å². The number of thioether (sulfide) groups is 1. The Labute approximate surface area is 126 Å². The number of benzene rings is 2. The molecule has 0 saturated heterocycles. The second-order valence-electron chi connectivity index (χ2n) is 4.51. The Kier molecular flexibility index (Phi) is 3.98. The summed E-state index contributed by atoms with van der Waals surface area (Å²) in [6.45, 7) is 1.11. The van der Waals surface area contributed by atoms with Gasteiger partial charge in [-0.25, -0.2) is 4.39 Å². The van der Waals surface area contributed by atoms with Crippen LogP contribution in [0.5, 0.6) is 11.5 Å². The summed E-state index contributed by atoms with van der Waals surface area (Å²) < 4.78 is 24.8. The Balaban J connectivity index is 1.72. The van der Waals surface area contributed by atoms with E-state index in [-0.39, 0.29) is 5.82 Å².